The second-order valence-corrected chi connectivity index (χ2v) is 9.73. The van der Waals surface area contributed by atoms with Crippen LogP contribution in [0.3, 0.4) is 0 Å². The lowest BCUT2D eigenvalue weighted by atomic mass is 10.1. The van der Waals surface area contributed by atoms with Crippen molar-refractivity contribution in [2.75, 3.05) is 18.6 Å². The van der Waals surface area contributed by atoms with Gasteiger partial charge in [-0.3, -0.25) is 4.79 Å². The lowest BCUT2D eigenvalue weighted by Crippen LogP contribution is -2.46. The highest BCUT2D eigenvalue weighted by molar-refractivity contribution is 7.91. The standard InChI is InChI=1S/C21H24ClNO5S/c1-15(28-20-9-4-3-8-19(20)27-2)21(24)23(18-10-11-29(25,26)14-18)13-16-6-5-7-17(22)12-16/h3-9,12,15,18H,10-11,13-14H2,1-2H3. The van der Waals surface area contributed by atoms with Crippen molar-refractivity contribution in [3.63, 3.8) is 0 Å². The number of carbonyl (C=O) groups excluding carboxylic acids is 1. The molecule has 2 aromatic carbocycles. The quantitative estimate of drug-likeness (QED) is 0.664. The second-order valence-electron chi connectivity index (χ2n) is 7.06. The molecule has 156 valence electrons. The van der Waals surface area contributed by atoms with Crippen LogP contribution in [0.1, 0.15) is 18.9 Å². The maximum Gasteiger partial charge on any atom is 0.263 e. The van der Waals surface area contributed by atoms with E-state index in [1.54, 1.807) is 48.2 Å². The maximum absolute atomic E-state index is 13.3. The van der Waals surface area contributed by atoms with Crippen LogP contribution >= 0.6 is 11.6 Å². The van der Waals surface area contributed by atoms with E-state index < -0.39 is 22.0 Å². The Labute approximate surface area is 176 Å². The molecule has 8 heteroatoms. The van der Waals surface area contributed by atoms with E-state index in [1.165, 1.54) is 7.11 Å². The smallest absolute Gasteiger partial charge is 0.263 e. The Morgan fingerprint density at radius 1 is 1.21 bits per heavy atom. The van der Waals surface area contributed by atoms with Crippen molar-refractivity contribution in [1.29, 1.82) is 0 Å². The van der Waals surface area contributed by atoms with Gasteiger partial charge in [0.05, 0.1) is 18.6 Å². The number of benzene rings is 2. The first-order valence-corrected chi connectivity index (χ1v) is 11.5. The Kier molecular flexibility index (Phi) is 6.70. The topological polar surface area (TPSA) is 72.9 Å². The number of amides is 1. The first-order valence-electron chi connectivity index (χ1n) is 9.34. The van der Waals surface area contributed by atoms with Crippen LogP contribution in [0.2, 0.25) is 5.02 Å². The van der Waals surface area contributed by atoms with Crippen molar-refractivity contribution >= 4 is 27.3 Å². The molecule has 2 unspecified atom stereocenters. The van der Waals surface area contributed by atoms with Crippen LogP contribution < -0.4 is 9.47 Å². The number of para-hydroxylation sites is 2. The van der Waals surface area contributed by atoms with E-state index in [-0.39, 0.29) is 24.0 Å². The third-order valence-corrected chi connectivity index (χ3v) is 6.88. The zero-order chi connectivity index (χ0) is 21.0. The highest BCUT2D eigenvalue weighted by Gasteiger charge is 2.36. The highest BCUT2D eigenvalue weighted by atomic mass is 35.5. The summed E-state index contributed by atoms with van der Waals surface area (Å²) in [4.78, 5) is 14.9. The first-order chi connectivity index (χ1) is 13.8. The van der Waals surface area contributed by atoms with E-state index >= 15 is 0 Å². The summed E-state index contributed by atoms with van der Waals surface area (Å²) in [7, 11) is -1.62. The first kappa shape index (κ1) is 21.5. The molecule has 0 radical (unpaired) electrons. The van der Waals surface area contributed by atoms with Gasteiger partial charge < -0.3 is 14.4 Å². The molecule has 0 saturated carbocycles. The predicted octanol–water partition coefficient (Wildman–Crippen LogP) is 3.33. The molecule has 0 spiro atoms. The Bertz CT molecular complexity index is 979. The largest absolute Gasteiger partial charge is 0.493 e. The van der Waals surface area contributed by atoms with Gasteiger partial charge in [-0.2, -0.15) is 0 Å². The van der Waals surface area contributed by atoms with E-state index in [2.05, 4.69) is 0 Å². The number of halogens is 1. The van der Waals surface area contributed by atoms with Gasteiger partial charge in [0.1, 0.15) is 0 Å². The van der Waals surface area contributed by atoms with Crippen molar-refractivity contribution in [2.24, 2.45) is 0 Å². The van der Waals surface area contributed by atoms with E-state index in [1.807, 2.05) is 12.1 Å². The molecular formula is C21H24ClNO5S. The lowest BCUT2D eigenvalue weighted by molar-refractivity contribution is -0.140. The summed E-state index contributed by atoms with van der Waals surface area (Å²) in [5.41, 5.74) is 0.833. The van der Waals surface area contributed by atoms with Crippen molar-refractivity contribution in [3.05, 3.63) is 59.1 Å². The number of rotatable bonds is 7. The van der Waals surface area contributed by atoms with Crippen molar-refractivity contribution in [2.45, 2.75) is 32.0 Å². The molecule has 1 amide bonds. The summed E-state index contributed by atoms with van der Waals surface area (Å²) >= 11 is 6.08. The number of sulfone groups is 1. The van der Waals surface area contributed by atoms with Gasteiger partial charge in [0.2, 0.25) is 0 Å². The van der Waals surface area contributed by atoms with Crippen LogP contribution in [0.25, 0.3) is 0 Å². The van der Waals surface area contributed by atoms with Gasteiger partial charge in [0.25, 0.3) is 5.91 Å². The monoisotopic (exact) mass is 437 g/mol. The van der Waals surface area contributed by atoms with Gasteiger partial charge in [-0.1, -0.05) is 35.9 Å². The molecule has 2 atom stereocenters. The minimum absolute atomic E-state index is 0.0410. The van der Waals surface area contributed by atoms with Crippen LogP contribution in [-0.2, 0) is 21.2 Å². The Balaban J connectivity index is 1.83. The average molecular weight is 438 g/mol. The van der Waals surface area contributed by atoms with Crippen LogP contribution in [0.5, 0.6) is 11.5 Å². The Hall–Kier alpha value is -2.25. The van der Waals surface area contributed by atoms with E-state index in [9.17, 15) is 13.2 Å². The van der Waals surface area contributed by atoms with Crippen LogP contribution in [0.15, 0.2) is 48.5 Å². The number of nitrogens with zero attached hydrogens (tertiary/aromatic N) is 1. The predicted molar refractivity (Wildman–Crippen MR) is 112 cm³/mol. The second kappa shape index (κ2) is 9.05. The Morgan fingerprint density at radius 3 is 2.55 bits per heavy atom. The Morgan fingerprint density at radius 2 is 1.93 bits per heavy atom. The molecular weight excluding hydrogens is 414 g/mol. The summed E-state index contributed by atoms with van der Waals surface area (Å²) in [6, 6.07) is 13.9. The van der Waals surface area contributed by atoms with Crippen LogP contribution in [-0.4, -0.2) is 50.0 Å². The highest BCUT2D eigenvalue weighted by Crippen LogP contribution is 2.28. The van der Waals surface area contributed by atoms with E-state index in [4.69, 9.17) is 21.1 Å². The molecule has 1 aliphatic heterocycles. The van der Waals surface area contributed by atoms with Crippen LogP contribution in [0, 0.1) is 0 Å². The molecule has 0 aromatic heterocycles. The van der Waals surface area contributed by atoms with Gasteiger partial charge in [-0.25, -0.2) is 8.42 Å². The molecule has 3 rings (SSSR count). The fourth-order valence-electron chi connectivity index (χ4n) is 3.43. The molecule has 29 heavy (non-hydrogen) atoms. The summed E-state index contributed by atoms with van der Waals surface area (Å²) in [6.07, 6.45) is -0.399. The third-order valence-electron chi connectivity index (χ3n) is 4.89. The number of methoxy groups -OCH3 is 1. The molecule has 2 aromatic rings. The molecule has 0 N–H and O–H groups in total. The SMILES string of the molecule is COc1ccccc1OC(C)C(=O)N(Cc1cccc(Cl)c1)C1CCS(=O)(=O)C1. The van der Waals surface area contributed by atoms with Crippen molar-refractivity contribution in [3.8, 4) is 11.5 Å². The van der Waals surface area contributed by atoms with Crippen LogP contribution in [0.4, 0.5) is 0 Å². The van der Waals surface area contributed by atoms with Crippen molar-refractivity contribution < 1.29 is 22.7 Å². The van der Waals surface area contributed by atoms with Gasteiger partial charge >= 0.3 is 0 Å². The van der Waals surface area contributed by atoms with E-state index in [0.717, 1.165) is 5.56 Å². The van der Waals surface area contributed by atoms with Gasteiger partial charge in [-0.15, -0.1) is 0 Å². The summed E-state index contributed by atoms with van der Waals surface area (Å²) in [5.74, 6) is 0.743. The van der Waals surface area contributed by atoms with Gasteiger partial charge in [0.15, 0.2) is 27.4 Å². The van der Waals surface area contributed by atoms with E-state index in [0.29, 0.717) is 22.9 Å². The number of ether oxygens (including phenoxy) is 2. The fourth-order valence-corrected chi connectivity index (χ4v) is 5.37. The summed E-state index contributed by atoms with van der Waals surface area (Å²) in [5, 5.41) is 0.562. The summed E-state index contributed by atoms with van der Waals surface area (Å²) < 4.78 is 35.2. The molecule has 1 aliphatic rings. The molecule has 1 heterocycles. The molecule has 0 aliphatic carbocycles. The molecule has 6 nitrogen and oxygen atoms in total. The molecule has 1 fully saturated rings. The van der Waals surface area contributed by atoms with Crippen molar-refractivity contribution in [1.82, 2.24) is 4.90 Å². The minimum atomic E-state index is -3.15. The zero-order valence-electron chi connectivity index (χ0n) is 16.4. The number of carbonyl (C=O) groups is 1. The average Bonchev–Trinajstić information content (AvgIpc) is 3.05. The normalized spacial score (nSPS) is 18.8. The zero-order valence-corrected chi connectivity index (χ0v) is 17.9. The summed E-state index contributed by atoms with van der Waals surface area (Å²) in [6.45, 7) is 1.92. The third kappa shape index (κ3) is 5.42. The molecule has 0 bridgehead atoms. The number of hydrogen-bond acceptors (Lipinski definition) is 5. The molecule has 1 saturated heterocycles. The number of hydrogen-bond donors (Lipinski definition) is 0. The van der Waals surface area contributed by atoms with Gasteiger partial charge in [0, 0.05) is 17.6 Å². The van der Waals surface area contributed by atoms with Gasteiger partial charge in [-0.05, 0) is 43.2 Å². The lowest BCUT2D eigenvalue weighted by Gasteiger charge is -2.31. The minimum Gasteiger partial charge on any atom is -0.493 e. The maximum atomic E-state index is 13.3. The fraction of sp³-hybridized carbons (Fsp3) is 0.381.